The minimum Gasteiger partial charge on any atom is -0.493 e. The van der Waals surface area contributed by atoms with Crippen LogP contribution < -0.4 is 10.5 Å². The van der Waals surface area contributed by atoms with Crippen LogP contribution in [0.5, 0.6) is 5.75 Å². The van der Waals surface area contributed by atoms with Crippen molar-refractivity contribution in [2.45, 2.75) is 63.6 Å². The number of alkyl halides is 3. The van der Waals surface area contributed by atoms with Gasteiger partial charge < -0.3 is 19.9 Å². The van der Waals surface area contributed by atoms with Crippen molar-refractivity contribution in [1.82, 2.24) is 15.0 Å². The molecule has 1 aliphatic carbocycles. The average Bonchev–Trinajstić information content (AvgIpc) is 3.54. The third-order valence-electron chi connectivity index (χ3n) is 6.83. The van der Waals surface area contributed by atoms with E-state index < -0.39 is 17.8 Å². The SMILES string of the molecule is CSCC(=O)N=C(N)N1CCCC1c1nc(-c2ccc(OCCC3CCCCC3)c(C(F)(F)F)c2)no1. The first-order chi connectivity index (χ1) is 17.8. The molecule has 2 aromatic rings. The standard InChI is InChI=1S/C25H32F3N5O3S/c1-37-15-21(34)30-24(29)33-12-5-8-19(33)23-31-22(32-36-23)17-9-10-20(18(14-17)25(26,27)28)35-13-11-16-6-3-2-4-7-16/h9-10,14,16,19H,2-8,11-13,15H2,1H3,(H2,29,30,34). The number of likely N-dealkylation sites (tertiary alicyclic amines) is 1. The van der Waals surface area contributed by atoms with Gasteiger partial charge in [0.05, 0.1) is 17.9 Å². The smallest absolute Gasteiger partial charge is 0.419 e. The Balaban J connectivity index is 1.49. The lowest BCUT2D eigenvalue weighted by atomic mass is 9.87. The molecule has 1 amide bonds. The Kier molecular flexibility index (Phi) is 8.99. The minimum absolute atomic E-state index is 0.0371. The zero-order valence-electron chi connectivity index (χ0n) is 20.8. The number of halogens is 3. The van der Waals surface area contributed by atoms with Gasteiger partial charge in [0.25, 0.3) is 5.91 Å². The van der Waals surface area contributed by atoms with Crippen molar-refractivity contribution < 1.29 is 27.2 Å². The fourth-order valence-electron chi connectivity index (χ4n) is 4.96. The summed E-state index contributed by atoms with van der Waals surface area (Å²) in [4.78, 5) is 21.9. The van der Waals surface area contributed by atoms with E-state index in [0.717, 1.165) is 31.7 Å². The quantitative estimate of drug-likeness (QED) is 0.349. The van der Waals surface area contributed by atoms with E-state index in [1.165, 1.54) is 43.2 Å². The molecule has 1 saturated heterocycles. The Bertz CT molecular complexity index is 1100. The van der Waals surface area contributed by atoms with Gasteiger partial charge in [0.2, 0.25) is 11.7 Å². The Morgan fingerprint density at radius 1 is 1.24 bits per heavy atom. The van der Waals surface area contributed by atoms with E-state index in [1.54, 1.807) is 11.2 Å². The molecule has 1 saturated carbocycles. The number of aromatic nitrogens is 2. The Labute approximate surface area is 218 Å². The van der Waals surface area contributed by atoms with Gasteiger partial charge in [0.1, 0.15) is 11.8 Å². The number of carbonyl (C=O) groups is 1. The van der Waals surface area contributed by atoms with Crippen molar-refractivity contribution in [3.05, 3.63) is 29.7 Å². The average molecular weight is 540 g/mol. The van der Waals surface area contributed by atoms with E-state index in [-0.39, 0.29) is 47.3 Å². The van der Waals surface area contributed by atoms with Crippen LogP contribution in [0.3, 0.4) is 0 Å². The van der Waals surface area contributed by atoms with E-state index in [2.05, 4.69) is 15.1 Å². The summed E-state index contributed by atoms with van der Waals surface area (Å²) in [6, 6.07) is 3.41. The van der Waals surface area contributed by atoms with Crippen molar-refractivity contribution in [2.75, 3.05) is 25.2 Å². The number of ether oxygens (including phenoxy) is 1. The zero-order chi connectivity index (χ0) is 26.4. The second-order valence-corrected chi connectivity index (χ2v) is 10.3. The normalized spacial score (nSPS) is 19.4. The molecule has 4 rings (SSSR count). The number of carbonyl (C=O) groups excluding carboxylic acids is 1. The largest absolute Gasteiger partial charge is 0.493 e. The van der Waals surface area contributed by atoms with Crippen LogP contribution in [-0.2, 0) is 11.0 Å². The molecule has 0 bridgehead atoms. The van der Waals surface area contributed by atoms with Crippen LogP contribution in [0.4, 0.5) is 13.2 Å². The number of aliphatic imine (C=N–C) groups is 1. The topological polar surface area (TPSA) is 107 Å². The molecule has 2 aliphatic rings. The third-order valence-corrected chi connectivity index (χ3v) is 7.37. The van der Waals surface area contributed by atoms with Crippen molar-refractivity contribution in [3.8, 4) is 17.1 Å². The number of guanidine groups is 1. The van der Waals surface area contributed by atoms with Crippen LogP contribution in [0.15, 0.2) is 27.7 Å². The maximum Gasteiger partial charge on any atom is 0.419 e. The van der Waals surface area contributed by atoms with Gasteiger partial charge in [-0.25, -0.2) is 0 Å². The number of nitrogens with two attached hydrogens (primary N) is 1. The molecule has 202 valence electrons. The molecule has 0 radical (unpaired) electrons. The molecule has 12 heteroatoms. The van der Waals surface area contributed by atoms with Gasteiger partial charge in [-0.2, -0.15) is 34.9 Å². The molecule has 1 unspecified atom stereocenters. The van der Waals surface area contributed by atoms with E-state index in [0.29, 0.717) is 18.9 Å². The Hall–Kier alpha value is -2.76. The first-order valence-electron chi connectivity index (χ1n) is 12.6. The number of rotatable bonds is 8. The van der Waals surface area contributed by atoms with Gasteiger partial charge in [-0.3, -0.25) is 4.79 Å². The van der Waals surface area contributed by atoms with Crippen LogP contribution >= 0.6 is 11.8 Å². The van der Waals surface area contributed by atoms with E-state index in [1.807, 2.05) is 0 Å². The summed E-state index contributed by atoms with van der Waals surface area (Å²) in [5.74, 6) is 0.498. The number of amides is 1. The summed E-state index contributed by atoms with van der Waals surface area (Å²) >= 11 is 1.35. The fourth-order valence-corrected chi connectivity index (χ4v) is 5.27. The van der Waals surface area contributed by atoms with E-state index >= 15 is 0 Å². The summed E-state index contributed by atoms with van der Waals surface area (Å²) in [6.45, 7) is 0.800. The predicted octanol–water partition coefficient (Wildman–Crippen LogP) is 5.45. The maximum absolute atomic E-state index is 13.9. The summed E-state index contributed by atoms with van der Waals surface area (Å²) in [7, 11) is 0. The number of benzene rings is 1. The van der Waals surface area contributed by atoms with Gasteiger partial charge in [-0.1, -0.05) is 37.3 Å². The van der Waals surface area contributed by atoms with E-state index in [9.17, 15) is 18.0 Å². The second-order valence-electron chi connectivity index (χ2n) is 9.45. The summed E-state index contributed by atoms with van der Waals surface area (Å²) < 4.78 is 52.6. The van der Waals surface area contributed by atoms with Gasteiger partial charge in [0, 0.05) is 12.1 Å². The minimum atomic E-state index is -4.60. The highest BCUT2D eigenvalue weighted by Crippen LogP contribution is 2.39. The molecular weight excluding hydrogens is 507 g/mol. The fraction of sp³-hybridized carbons (Fsp3) is 0.600. The number of hydrogen-bond donors (Lipinski definition) is 1. The van der Waals surface area contributed by atoms with Crippen LogP contribution in [-0.4, -0.2) is 52.1 Å². The van der Waals surface area contributed by atoms with Gasteiger partial charge >= 0.3 is 6.18 Å². The lowest BCUT2D eigenvalue weighted by Gasteiger charge is -2.22. The number of nitrogens with zero attached hydrogens (tertiary/aromatic N) is 4. The Morgan fingerprint density at radius 3 is 2.76 bits per heavy atom. The summed E-state index contributed by atoms with van der Waals surface area (Å²) in [5, 5.41) is 3.92. The van der Waals surface area contributed by atoms with Crippen molar-refractivity contribution >= 4 is 23.6 Å². The molecule has 1 aromatic heterocycles. The number of thioether (sulfide) groups is 1. The molecule has 2 fully saturated rings. The first kappa shape index (κ1) is 27.3. The molecule has 2 heterocycles. The number of hydrogen-bond acceptors (Lipinski definition) is 6. The molecule has 8 nitrogen and oxygen atoms in total. The monoisotopic (exact) mass is 539 g/mol. The van der Waals surface area contributed by atoms with E-state index in [4.69, 9.17) is 15.0 Å². The summed E-state index contributed by atoms with van der Waals surface area (Å²) in [5.41, 5.74) is 5.35. The first-order valence-corrected chi connectivity index (χ1v) is 14.0. The van der Waals surface area contributed by atoms with Crippen molar-refractivity contribution in [1.29, 1.82) is 0 Å². The van der Waals surface area contributed by atoms with Crippen LogP contribution in [0.2, 0.25) is 0 Å². The lowest BCUT2D eigenvalue weighted by molar-refractivity contribution is -0.139. The molecule has 1 atom stereocenters. The van der Waals surface area contributed by atoms with Crippen molar-refractivity contribution in [3.63, 3.8) is 0 Å². The second kappa shape index (κ2) is 12.2. The lowest BCUT2D eigenvalue weighted by Crippen LogP contribution is -2.37. The van der Waals surface area contributed by atoms with Gasteiger partial charge in [-0.05, 0) is 49.6 Å². The highest BCUT2D eigenvalue weighted by atomic mass is 32.2. The van der Waals surface area contributed by atoms with Crippen LogP contribution in [0.1, 0.15) is 68.9 Å². The molecule has 1 aromatic carbocycles. The highest BCUT2D eigenvalue weighted by Gasteiger charge is 2.36. The molecule has 0 spiro atoms. The summed E-state index contributed by atoms with van der Waals surface area (Å²) in [6.07, 6.45) is 5.14. The highest BCUT2D eigenvalue weighted by molar-refractivity contribution is 7.99. The maximum atomic E-state index is 13.9. The van der Waals surface area contributed by atoms with Crippen LogP contribution in [0.25, 0.3) is 11.4 Å². The van der Waals surface area contributed by atoms with Gasteiger partial charge in [-0.15, -0.1) is 0 Å². The zero-order valence-corrected chi connectivity index (χ0v) is 21.6. The molecule has 37 heavy (non-hydrogen) atoms. The predicted molar refractivity (Wildman–Crippen MR) is 135 cm³/mol. The molecular formula is C25H32F3N5O3S. The van der Waals surface area contributed by atoms with Gasteiger partial charge in [0.15, 0.2) is 5.96 Å². The molecule has 2 N–H and O–H groups in total. The van der Waals surface area contributed by atoms with Crippen LogP contribution in [0, 0.1) is 5.92 Å². The molecule has 1 aliphatic heterocycles. The Morgan fingerprint density at radius 2 is 2.03 bits per heavy atom. The third kappa shape index (κ3) is 6.97. The van der Waals surface area contributed by atoms with Crippen molar-refractivity contribution in [2.24, 2.45) is 16.6 Å².